The number of benzene rings is 2. The molecular weight excluding hydrogens is 384 g/mol. The fourth-order valence-electron chi connectivity index (χ4n) is 2.97. The van der Waals surface area contributed by atoms with Gasteiger partial charge in [-0.25, -0.2) is 13.2 Å². The molecule has 0 aliphatic carbocycles. The summed E-state index contributed by atoms with van der Waals surface area (Å²) in [7, 11) is -1.41. The van der Waals surface area contributed by atoms with Crippen LogP contribution in [0.5, 0.6) is 0 Å². The van der Waals surface area contributed by atoms with Gasteiger partial charge in [-0.2, -0.15) is 0 Å². The summed E-state index contributed by atoms with van der Waals surface area (Å²) in [4.78, 5) is 37.6. The van der Waals surface area contributed by atoms with Crippen LogP contribution in [0.4, 0.5) is 5.69 Å². The molecule has 0 fully saturated rings. The van der Waals surface area contributed by atoms with E-state index in [1.807, 2.05) is 0 Å². The number of sulfonamides is 1. The Bertz CT molecular complexity index is 1030. The molecule has 28 heavy (non-hydrogen) atoms. The molecule has 9 heteroatoms. The Morgan fingerprint density at radius 3 is 2.11 bits per heavy atom. The number of hydrogen-bond acceptors (Lipinski definition) is 6. The van der Waals surface area contributed by atoms with Crippen LogP contribution in [0.25, 0.3) is 0 Å². The number of carbonyl (C=O) groups is 3. The van der Waals surface area contributed by atoms with Crippen molar-refractivity contribution in [3.8, 4) is 0 Å². The van der Waals surface area contributed by atoms with Crippen LogP contribution >= 0.6 is 0 Å². The zero-order chi connectivity index (χ0) is 20.5. The van der Waals surface area contributed by atoms with E-state index in [1.54, 1.807) is 24.3 Å². The molecule has 2 aromatic rings. The van der Waals surface area contributed by atoms with Gasteiger partial charge in [0.15, 0.2) is 0 Å². The predicted octanol–water partition coefficient (Wildman–Crippen LogP) is 1.54. The van der Waals surface area contributed by atoms with E-state index in [9.17, 15) is 22.8 Å². The number of esters is 1. The van der Waals surface area contributed by atoms with E-state index in [2.05, 4.69) is 4.74 Å². The summed E-state index contributed by atoms with van der Waals surface area (Å²) in [6, 6.07) is 12.5. The van der Waals surface area contributed by atoms with Crippen molar-refractivity contribution in [1.82, 2.24) is 4.90 Å². The van der Waals surface area contributed by atoms with E-state index in [0.717, 1.165) is 9.21 Å². The average Bonchev–Trinajstić information content (AvgIpc) is 2.95. The Morgan fingerprint density at radius 1 is 1.00 bits per heavy atom. The second kappa shape index (κ2) is 7.43. The van der Waals surface area contributed by atoms with Gasteiger partial charge in [0.25, 0.3) is 11.8 Å². The molecule has 0 bridgehead atoms. The van der Waals surface area contributed by atoms with Crippen LogP contribution in [0.3, 0.4) is 0 Å². The predicted molar refractivity (Wildman–Crippen MR) is 102 cm³/mol. The molecule has 1 heterocycles. The highest BCUT2D eigenvalue weighted by Gasteiger charge is 2.36. The van der Waals surface area contributed by atoms with Gasteiger partial charge < -0.3 is 4.74 Å². The van der Waals surface area contributed by atoms with Crippen molar-refractivity contribution in [3.05, 3.63) is 65.2 Å². The number of imide groups is 1. The fourth-order valence-corrected chi connectivity index (χ4v) is 4.11. The lowest BCUT2D eigenvalue weighted by Gasteiger charge is -2.23. The Labute approximate surface area is 162 Å². The third-order valence-corrected chi connectivity index (χ3v) is 6.25. The van der Waals surface area contributed by atoms with Gasteiger partial charge in [-0.15, -0.1) is 0 Å². The second-order valence-electron chi connectivity index (χ2n) is 6.10. The molecule has 0 aromatic heterocycles. The number of hydrogen-bond donors (Lipinski definition) is 0. The maximum Gasteiger partial charge on any atom is 0.340 e. The quantitative estimate of drug-likeness (QED) is 0.537. The lowest BCUT2D eigenvalue weighted by molar-refractivity contribution is 0.0599. The standard InChI is InChI=1S/C19H18N2O6S/c1-20(16-10-6-5-9-15(16)19(24)27-2)28(25,26)12-11-21-17(22)13-7-3-4-8-14(13)18(21)23/h3-10H,11-12H2,1-2H3. The van der Waals surface area contributed by atoms with Crippen molar-refractivity contribution in [3.63, 3.8) is 0 Å². The van der Waals surface area contributed by atoms with Gasteiger partial charge in [0.05, 0.1) is 35.2 Å². The molecule has 0 saturated heterocycles. The first-order chi connectivity index (χ1) is 13.3. The number of ether oxygens (including phenoxy) is 1. The Hall–Kier alpha value is -3.20. The van der Waals surface area contributed by atoms with Gasteiger partial charge in [-0.3, -0.25) is 18.8 Å². The first-order valence-electron chi connectivity index (χ1n) is 8.37. The maximum absolute atomic E-state index is 12.8. The molecule has 2 amide bonds. The van der Waals surface area contributed by atoms with E-state index in [-0.39, 0.29) is 28.9 Å². The molecule has 0 spiro atoms. The van der Waals surface area contributed by atoms with Gasteiger partial charge in [0.2, 0.25) is 10.0 Å². The minimum atomic E-state index is -3.92. The van der Waals surface area contributed by atoms with Gasteiger partial charge in [0.1, 0.15) is 0 Å². The minimum Gasteiger partial charge on any atom is -0.465 e. The van der Waals surface area contributed by atoms with E-state index in [0.29, 0.717) is 0 Å². The smallest absolute Gasteiger partial charge is 0.340 e. The van der Waals surface area contributed by atoms with Crippen molar-refractivity contribution >= 4 is 33.5 Å². The average molecular weight is 402 g/mol. The Balaban J connectivity index is 1.80. The highest BCUT2D eigenvalue weighted by molar-refractivity contribution is 7.92. The topological polar surface area (TPSA) is 101 Å². The molecule has 1 aliphatic rings. The molecule has 0 saturated carbocycles. The number of nitrogens with zero attached hydrogens (tertiary/aromatic N) is 2. The van der Waals surface area contributed by atoms with Gasteiger partial charge in [-0.05, 0) is 24.3 Å². The lowest BCUT2D eigenvalue weighted by atomic mass is 10.1. The maximum atomic E-state index is 12.8. The highest BCUT2D eigenvalue weighted by atomic mass is 32.2. The van der Waals surface area contributed by atoms with E-state index >= 15 is 0 Å². The number of anilines is 1. The van der Waals surface area contributed by atoms with Crippen LogP contribution in [0.15, 0.2) is 48.5 Å². The number of methoxy groups -OCH3 is 1. The van der Waals surface area contributed by atoms with Gasteiger partial charge in [-0.1, -0.05) is 24.3 Å². The van der Waals surface area contributed by atoms with E-state index in [1.165, 1.54) is 38.4 Å². The van der Waals surface area contributed by atoms with Crippen LogP contribution in [-0.2, 0) is 14.8 Å². The zero-order valence-electron chi connectivity index (χ0n) is 15.3. The monoisotopic (exact) mass is 402 g/mol. The second-order valence-corrected chi connectivity index (χ2v) is 8.22. The third kappa shape index (κ3) is 3.36. The molecule has 3 rings (SSSR count). The molecule has 0 radical (unpaired) electrons. The fraction of sp³-hybridized carbons (Fsp3) is 0.211. The van der Waals surface area contributed by atoms with Crippen molar-refractivity contribution in [2.45, 2.75) is 0 Å². The number of fused-ring (bicyclic) bond motifs is 1. The molecule has 146 valence electrons. The largest absolute Gasteiger partial charge is 0.465 e. The van der Waals surface area contributed by atoms with Gasteiger partial charge in [0, 0.05) is 13.6 Å². The lowest BCUT2D eigenvalue weighted by Crippen LogP contribution is -2.38. The number of rotatable bonds is 6. The zero-order valence-corrected chi connectivity index (χ0v) is 16.1. The Morgan fingerprint density at radius 2 is 1.54 bits per heavy atom. The molecule has 0 N–H and O–H groups in total. The van der Waals surface area contributed by atoms with Crippen molar-refractivity contribution in [1.29, 1.82) is 0 Å². The number of amides is 2. The molecule has 8 nitrogen and oxygen atoms in total. The van der Waals surface area contributed by atoms with Crippen LogP contribution < -0.4 is 4.31 Å². The number of carbonyl (C=O) groups excluding carboxylic acids is 3. The molecule has 0 atom stereocenters. The summed E-state index contributed by atoms with van der Waals surface area (Å²) in [6.45, 7) is -0.292. The van der Waals surface area contributed by atoms with Crippen LogP contribution in [0.1, 0.15) is 31.1 Å². The van der Waals surface area contributed by atoms with Crippen molar-refractivity contribution in [2.24, 2.45) is 0 Å². The minimum absolute atomic E-state index is 0.0943. The Kier molecular flexibility index (Phi) is 5.19. The van der Waals surface area contributed by atoms with Crippen LogP contribution in [0.2, 0.25) is 0 Å². The molecule has 2 aromatic carbocycles. The summed E-state index contributed by atoms with van der Waals surface area (Å²) in [5, 5.41) is 0. The summed E-state index contributed by atoms with van der Waals surface area (Å²) < 4.78 is 31.2. The van der Waals surface area contributed by atoms with Gasteiger partial charge >= 0.3 is 5.97 Å². The SMILES string of the molecule is COC(=O)c1ccccc1N(C)S(=O)(=O)CCN1C(=O)c2ccccc2C1=O. The van der Waals surface area contributed by atoms with E-state index in [4.69, 9.17) is 0 Å². The molecule has 0 unspecified atom stereocenters. The first-order valence-corrected chi connectivity index (χ1v) is 9.98. The van der Waals surface area contributed by atoms with Crippen molar-refractivity contribution in [2.75, 3.05) is 30.8 Å². The first kappa shape index (κ1) is 19.6. The normalized spacial score (nSPS) is 13.4. The summed E-state index contributed by atoms with van der Waals surface area (Å²) in [5.41, 5.74) is 0.761. The summed E-state index contributed by atoms with van der Waals surface area (Å²) >= 11 is 0. The summed E-state index contributed by atoms with van der Waals surface area (Å²) in [5.74, 6) is -2.19. The van der Waals surface area contributed by atoms with Crippen LogP contribution in [-0.4, -0.2) is 57.6 Å². The van der Waals surface area contributed by atoms with Crippen molar-refractivity contribution < 1.29 is 27.5 Å². The van der Waals surface area contributed by atoms with E-state index < -0.39 is 33.6 Å². The molecule has 1 aliphatic heterocycles. The third-order valence-electron chi connectivity index (χ3n) is 4.52. The summed E-state index contributed by atoms with van der Waals surface area (Å²) in [6.07, 6.45) is 0. The molecular formula is C19H18N2O6S. The van der Waals surface area contributed by atoms with Crippen LogP contribution in [0, 0.1) is 0 Å². The highest BCUT2D eigenvalue weighted by Crippen LogP contribution is 2.25. The number of para-hydroxylation sites is 1.